The molecule has 0 heterocycles. The lowest BCUT2D eigenvalue weighted by molar-refractivity contribution is 0.141. The Morgan fingerprint density at radius 2 is 1.59 bits per heavy atom. The Hall–Kier alpha value is -1.15. The van der Waals surface area contributed by atoms with E-state index in [1.165, 1.54) is 77.0 Å². The number of hydrogen-bond acceptors (Lipinski definition) is 1. The van der Waals surface area contributed by atoms with Crippen molar-refractivity contribution in [2.45, 2.75) is 90.1 Å². The fourth-order valence-corrected chi connectivity index (χ4v) is 5.84. The molecule has 1 aromatic rings. The first-order valence-electron chi connectivity index (χ1n) is 12.1. The summed E-state index contributed by atoms with van der Waals surface area (Å²) in [6, 6.07) is 5.68. The fourth-order valence-electron chi connectivity index (χ4n) is 5.84. The molecule has 0 aromatic heterocycles. The molecule has 0 amide bonds. The van der Waals surface area contributed by atoms with Crippen LogP contribution in [0.3, 0.4) is 0 Å². The Balaban J connectivity index is 1.34. The van der Waals surface area contributed by atoms with Crippen LogP contribution < -0.4 is 0 Å². The summed E-state index contributed by atoms with van der Waals surface area (Å²) in [5.74, 6) is 3.68. The Morgan fingerprint density at radius 3 is 2.14 bits per heavy atom. The molecule has 0 bridgehead atoms. The number of ether oxygens (including phenoxy) is 1. The van der Waals surface area contributed by atoms with Crippen molar-refractivity contribution in [3.05, 3.63) is 47.8 Å². The zero-order chi connectivity index (χ0) is 20.5. The van der Waals surface area contributed by atoms with Gasteiger partial charge in [-0.1, -0.05) is 50.3 Å². The molecule has 0 unspecified atom stereocenters. The number of hydrogen-bond donors (Lipinski definition) is 0. The van der Waals surface area contributed by atoms with E-state index in [0.29, 0.717) is 12.2 Å². The molecule has 3 rings (SSSR count). The predicted molar refractivity (Wildman–Crippen MR) is 120 cm³/mol. The number of allylic oxidation sites excluding steroid dienone is 1. The molecule has 162 valence electrons. The maximum Gasteiger partial charge on any atom is 0.128 e. The van der Waals surface area contributed by atoms with Crippen LogP contribution in [0.5, 0.6) is 0 Å². The molecule has 1 nitrogen and oxygen atoms in total. The molecular weight excluding hydrogens is 359 g/mol. The van der Waals surface area contributed by atoms with Gasteiger partial charge in [0.05, 0.1) is 6.61 Å². The van der Waals surface area contributed by atoms with Gasteiger partial charge in [0, 0.05) is 12.7 Å². The molecule has 0 spiro atoms. The van der Waals surface area contributed by atoms with Crippen molar-refractivity contribution < 1.29 is 9.13 Å². The summed E-state index contributed by atoms with van der Waals surface area (Å²) in [5.41, 5.74) is 1.80. The highest BCUT2D eigenvalue weighted by Crippen LogP contribution is 2.43. The molecule has 0 atom stereocenters. The summed E-state index contributed by atoms with van der Waals surface area (Å²) < 4.78 is 19.1. The monoisotopic (exact) mass is 400 g/mol. The van der Waals surface area contributed by atoms with Crippen LogP contribution in [0, 0.1) is 29.5 Å². The smallest absolute Gasteiger partial charge is 0.128 e. The minimum atomic E-state index is -0.117. The summed E-state index contributed by atoms with van der Waals surface area (Å²) in [6.07, 6.45) is 19.7. The van der Waals surface area contributed by atoms with Crippen molar-refractivity contribution in [2.24, 2.45) is 23.7 Å². The number of methoxy groups -OCH3 is 1. The van der Waals surface area contributed by atoms with Crippen molar-refractivity contribution in [1.29, 1.82) is 0 Å². The highest BCUT2D eigenvalue weighted by molar-refractivity contribution is 5.24. The van der Waals surface area contributed by atoms with Gasteiger partial charge in [-0.25, -0.2) is 4.39 Å². The minimum absolute atomic E-state index is 0.117. The zero-order valence-electron chi connectivity index (χ0n) is 18.5. The van der Waals surface area contributed by atoms with Crippen molar-refractivity contribution in [3.63, 3.8) is 0 Å². The lowest BCUT2D eigenvalue weighted by atomic mass is 9.68. The van der Waals surface area contributed by atoms with E-state index in [1.807, 2.05) is 6.07 Å². The topological polar surface area (TPSA) is 9.23 Å². The van der Waals surface area contributed by atoms with Gasteiger partial charge in [-0.15, -0.1) is 6.58 Å². The van der Waals surface area contributed by atoms with Gasteiger partial charge in [-0.05, 0) is 86.7 Å². The van der Waals surface area contributed by atoms with Crippen molar-refractivity contribution >= 4 is 0 Å². The molecular formula is C27H41FO. The van der Waals surface area contributed by atoms with E-state index in [-0.39, 0.29) is 5.82 Å². The van der Waals surface area contributed by atoms with Gasteiger partial charge < -0.3 is 4.74 Å². The number of rotatable bonds is 10. The van der Waals surface area contributed by atoms with Crippen molar-refractivity contribution in [1.82, 2.24) is 0 Å². The molecule has 2 saturated carbocycles. The van der Waals surface area contributed by atoms with E-state index in [4.69, 9.17) is 4.74 Å². The standard InChI is InChI=1S/C27H41FO/c1-3-4-5-6-21-9-14-24(15-10-21)25-16-11-22(12-17-25)7-8-23-13-18-26(20-29-2)27(28)19-23/h3,13,18-19,21-22,24-25H,1,4-12,14-17,20H2,2H3. The van der Waals surface area contributed by atoms with Gasteiger partial charge in [0.1, 0.15) is 5.82 Å². The van der Waals surface area contributed by atoms with E-state index in [1.54, 1.807) is 13.2 Å². The van der Waals surface area contributed by atoms with Gasteiger partial charge in [-0.2, -0.15) is 0 Å². The molecule has 2 fully saturated rings. The maximum absolute atomic E-state index is 14.1. The number of aryl methyl sites for hydroxylation is 1. The van der Waals surface area contributed by atoms with Crippen LogP contribution in [0.4, 0.5) is 4.39 Å². The van der Waals surface area contributed by atoms with Gasteiger partial charge >= 0.3 is 0 Å². The molecule has 2 aliphatic rings. The molecule has 1 aromatic carbocycles. The second-order valence-corrected chi connectivity index (χ2v) is 9.68. The van der Waals surface area contributed by atoms with Gasteiger partial charge in [0.15, 0.2) is 0 Å². The van der Waals surface area contributed by atoms with E-state index < -0.39 is 0 Å². The normalized spacial score (nSPS) is 27.7. The largest absolute Gasteiger partial charge is 0.380 e. The summed E-state index contributed by atoms with van der Waals surface area (Å²) >= 11 is 0. The average molecular weight is 401 g/mol. The van der Waals surface area contributed by atoms with E-state index in [9.17, 15) is 4.39 Å². The minimum Gasteiger partial charge on any atom is -0.380 e. The first-order valence-corrected chi connectivity index (χ1v) is 12.1. The van der Waals surface area contributed by atoms with Crippen LogP contribution in [0.15, 0.2) is 30.9 Å². The first-order chi connectivity index (χ1) is 14.2. The number of unbranched alkanes of at least 4 members (excludes halogenated alkanes) is 1. The van der Waals surface area contributed by atoms with Crippen LogP contribution in [-0.4, -0.2) is 7.11 Å². The Kier molecular flexibility index (Phi) is 9.24. The number of halogens is 1. The molecule has 29 heavy (non-hydrogen) atoms. The third-order valence-electron chi connectivity index (χ3n) is 7.73. The Morgan fingerprint density at radius 1 is 0.966 bits per heavy atom. The van der Waals surface area contributed by atoms with Crippen molar-refractivity contribution in [2.75, 3.05) is 7.11 Å². The average Bonchev–Trinajstić information content (AvgIpc) is 2.75. The van der Waals surface area contributed by atoms with Crippen LogP contribution in [0.25, 0.3) is 0 Å². The molecule has 2 heteroatoms. The van der Waals surface area contributed by atoms with Gasteiger partial charge in [0.2, 0.25) is 0 Å². The maximum atomic E-state index is 14.1. The second kappa shape index (κ2) is 11.9. The lowest BCUT2D eigenvalue weighted by Gasteiger charge is -2.38. The van der Waals surface area contributed by atoms with E-state index in [2.05, 4.69) is 18.7 Å². The highest BCUT2D eigenvalue weighted by atomic mass is 19.1. The van der Waals surface area contributed by atoms with Gasteiger partial charge in [0.25, 0.3) is 0 Å². The van der Waals surface area contributed by atoms with Gasteiger partial charge in [-0.3, -0.25) is 0 Å². The molecule has 0 saturated heterocycles. The SMILES string of the molecule is C=CCCCC1CCC(C2CCC(CCc3ccc(COC)c(F)c3)CC2)CC1. The summed E-state index contributed by atoms with van der Waals surface area (Å²) in [5, 5.41) is 0. The third-order valence-corrected chi connectivity index (χ3v) is 7.73. The molecule has 2 aliphatic carbocycles. The quantitative estimate of drug-likeness (QED) is 0.287. The predicted octanol–water partition coefficient (Wildman–Crippen LogP) is 7.87. The van der Waals surface area contributed by atoms with Crippen LogP contribution in [-0.2, 0) is 17.8 Å². The van der Waals surface area contributed by atoms with Crippen LogP contribution >= 0.6 is 0 Å². The van der Waals surface area contributed by atoms with Crippen LogP contribution in [0.2, 0.25) is 0 Å². The summed E-state index contributed by atoms with van der Waals surface area (Å²) in [6.45, 7) is 4.20. The Labute approximate surface area is 178 Å². The molecule has 0 N–H and O–H groups in total. The lowest BCUT2D eigenvalue weighted by Crippen LogP contribution is -2.26. The molecule has 0 radical (unpaired) electrons. The third kappa shape index (κ3) is 6.95. The highest BCUT2D eigenvalue weighted by Gasteiger charge is 2.30. The second-order valence-electron chi connectivity index (χ2n) is 9.68. The van der Waals surface area contributed by atoms with Crippen LogP contribution in [0.1, 0.15) is 88.2 Å². The summed E-state index contributed by atoms with van der Waals surface area (Å²) in [4.78, 5) is 0. The first kappa shape index (κ1) is 22.5. The zero-order valence-corrected chi connectivity index (χ0v) is 18.5. The van der Waals surface area contributed by atoms with E-state index >= 15 is 0 Å². The molecule has 0 aliphatic heterocycles. The van der Waals surface area contributed by atoms with Crippen molar-refractivity contribution in [3.8, 4) is 0 Å². The van der Waals surface area contributed by atoms with E-state index in [0.717, 1.165) is 35.7 Å². The Bertz CT molecular complexity index is 609. The number of benzene rings is 1. The fraction of sp³-hybridized carbons (Fsp3) is 0.704. The summed E-state index contributed by atoms with van der Waals surface area (Å²) in [7, 11) is 1.61.